The van der Waals surface area contributed by atoms with Crippen LogP contribution in [-0.2, 0) is 9.59 Å². The molecule has 0 bridgehead atoms. The van der Waals surface area contributed by atoms with Crippen LogP contribution in [0.2, 0.25) is 5.02 Å². The predicted molar refractivity (Wildman–Crippen MR) is 129 cm³/mol. The van der Waals surface area contributed by atoms with Crippen molar-refractivity contribution in [3.8, 4) is 17.2 Å². The number of halogens is 1. The van der Waals surface area contributed by atoms with E-state index < -0.39 is 17.7 Å². The number of carbonyl (C=O) groups is 2. The van der Waals surface area contributed by atoms with E-state index in [9.17, 15) is 14.7 Å². The lowest BCUT2D eigenvalue weighted by molar-refractivity contribution is -0.141. The van der Waals surface area contributed by atoms with Crippen molar-refractivity contribution in [2.75, 3.05) is 21.3 Å². The largest absolute Gasteiger partial charge is 0.507 e. The number of ether oxygens (including phenoxy) is 3. The minimum absolute atomic E-state index is 0.0171. The number of hydrogen-bond acceptors (Lipinski definition) is 6. The van der Waals surface area contributed by atoms with Crippen molar-refractivity contribution >= 4 is 29.1 Å². The highest BCUT2D eigenvalue weighted by molar-refractivity contribution is 6.46. The van der Waals surface area contributed by atoms with Gasteiger partial charge in [0.25, 0.3) is 11.7 Å². The molecule has 1 unspecified atom stereocenters. The zero-order valence-corrected chi connectivity index (χ0v) is 20.2. The summed E-state index contributed by atoms with van der Waals surface area (Å²) in [5.41, 5.74) is 0.958. The molecule has 7 nitrogen and oxygen atoms in total. The normalized spacial score (nSPS) is 20.5. The highest BCUT2D eigenvalue weighted by Gasteiger charge is 2.49. The minimum atomic E-state index is -0.736. The number of rotatable bonds is 6. The lowest BCUT2D eigenvalue weighted by Crippen LogP contribution is -2.40. The Bertz CT molecular complexity index is 1120. The molecular formula is C26H28ClNO6. The van der Waals surface area contributed by atoms with Gasteiger partial charge in [0.2, 0.25) is 0 Å². The van der Waals surface area contributed by atoms with Gasteiger partial charge in [0.15, 0.2) is 0 Å². The Morgan fingerprint density at radius 3 is 2.18 bits per heavy atom. The minimum Gasteiger partial charge on any atom is -0.507 e. The first-order valence-electron chi connectivity index (χ1n) is 11.3. The molecule has 2 aromatic rings. The maximum atomic E-state index is 13.4. The van der Waals surface area contributed by atoms with Gasteiger partial charge in [-0.3, -0.25) is 9.59 Å². The van der Waals surface area contributed by atoms with E-state index in [-0.39, 0.29) is 28.7 Å². The summed E-state index contributed by atoms with van der Waals surface area (Å²) in [7, 11) is 4.47. The highest BCUT2D eigenvalue weighted by Crippen LogP contribution is 2.45. The second kappa shape index (κ2) is 9.97. The summed E-state index contributed by atoms with van der Waals surface area (Å²) >= 11 is 6.23. The zero-order valence-electron chi connectivity index (χ0n) is 19.5. The highest BCUT2D eigenvalue weighted by atomic mass is 35.5. The van der Waals surface area contributed by atoms with Crippen LogP contribution in [0.5, 0.6) is 17.2 Å². The molecular weight excluding hydrogens is 458 g/mol. The van der Waals surface area contributed by atoms with Gasteiger partial charge in [0, 0.05) is 12.1 Å². The average molecular weight is 486 g/mol. The Morgan fingerprint density at radius 2 is 1.59 bits per heavy atom. The maximum Gasteiger partial charge on any atom is 0.295 e. The number of methoxy groups -OCH3 is 3. The number of benzene rings is 2. The third kappa shape index (κ3) is 4.20. The number of carbonyl (C=O) groups excluding carboxylic acids is 2. The first kappa shape index (κ1) is 24.0. The average Bonchev–Trinajstić information content (AvgIpc) is 3.14. The number of amides is 1. The van der Waals surface area contributed by atoms with E-state index in [1.165, 1.54) is 26.4 Å². The fourth-order valence-corrected chi connectivity index (χ4v) is 5.12. The quantitative estimate of drug-likeness (QED) is 0.347. The van der Waals surface area contributed by atoms with Crippen molar-refractivity contribution < 1.29 is 28.9 Å². The summed E-state index contributed by atoms with van der Waals surface area (Å²) in [6.45, 7) is 0. The Morgan fingerprint density at radius 1 is 0.941 bits per heavy atom. The van der Waals surface area contributed by atoms with Crippen LogP contribution >= 0.6 is 11.6 Å². The van der Waals surface area contributed by atoms with Crippen LogP contribution in [0.25, 0.3) is 5.76 Å². The molecule has 2 aromatic carbocycles. The molecule has 1 saturated heterocycles. The molecule has 2 aliphatic rings. The van der Waals surface area contributed by atoms with Crippen LogP contribution in [0.3, 0.4) is 0 Å². The van der Waals surface area contributed by atoms with Crippen molar-refractivity contribution in [1.82, 2.24) is 4.90 Å². The molecule has 2 fully saturated rings. The van der Waals surface area contributed by atoms with Crippen LogP contribution in [0.15, 0.2) is 42.0 Å². The van der Waals surface area contributed by atoms with Crippen molar-refractivity contribution in [2.24, 2.45) is 0 Å². The Kier molecular flexibility index (Phi) is 7.03. The van der Waals surface area contributed by atoms with Crippen LogP contribution in [0.4, 0.5) is 0 Å². The molecule has 1 atom stereocenters. The molecule has 0 aromatic heterocycles. The standard InChI is InChI=1S/C26H28ClNO6/c1-32-17-11-9-15(10-12-17)23-22(25(30)26(31)28(23)16-7-5-4-6-8-16)24(29)18-13-21(34-3)19(27)14-20(18)33-2/h9-14,16,23,29H,4-8H2,1-3H3/b24-22+. The Labute approximate surface area is 203 Å². The Balaban J connectivity index is 1.92. The summed E-state index contributed by atoms with van der Waals surface area (Å²) in [6, 6.07) is 9.40. The molecule has 1 amide bonds. The van der Waals surface area contributed by atoms with Crippen LogP contribution in [-0.4, -0.2) is 49.1 Å². The maximum absolute atomic E-state index is 13.4. The molecule has 0 radical (unpaired) electrons. The SMILES string of the molecule is COc1ccc(C2/C(=C(\O)c3cc(OC)c(Cl)cc3OC)C(=O)C(=O)N2C2CCCCC2)cc1. The second-order valence-corrected chi connectivity index (χ2v) is 8.87. The van der Waals surface area contributed by atoms with E-state index >= 15 is 0 Å². The third-order valence-corrected chi connectivity index (χ3v) is 6.90. The van der Waals surface area contributed by atoms with Gasteiger partial charge < -0.3 is 24.2 Å². The van der Waals surface area contributed by atoms with Gasteiger partial charge in [-0.05, 0) is 36.6 Å². The monoisotopic (exact) mass is 485 g/mol. The number of nitrogens with zero attached hydrogens (tertiary/aromatic N) is 1. The van der Waals surface area contributed by atoms with Crippen LogP contribution < -0.4 is 14.2 Å². The number of aliphatic hydroxyl groups is 1. The number of Topliss-reactive ketones (excluding diaryl/α,β-unsaturated/α-hetero) is 1. The number of hydrogen-bond donors (Lipinski definition) is 1. The summed E-state index contributed by atoms with van der Waals surface area (Å²) in [5, 5.41) is 11.8. The molecule has 1 aliphatic heterocycles. The first-order chi connectivity index (χ1) is 16.4. The fourth-order valence-electron chi connectivity index (χ4n) is 4.89. The molecule has 1 aliphatic carbocycles. The molecule has 4 rings (SSSR count). The van der Waals surface area contributed by atoms with E-state index in [1.54, 1.807) is 24.1 Å². The van der Waals surface area contributed by atoms with Crippen LogP contribution in [0.1, 0.15) is 49.3 Å². The summed E-state index contributed by atoms with van der Waals surface area (Å²) in [5.74, 6) is -0.423. The van der Waals surface area contributed by atoms with Gasteiger partial charge in [0.05, 0.1) is 43.5 Å². The zero-order chi connectivity index (χ0) is 24.4. The number of likely N-dealkylation sites (tertiary alicyclic amines) is 1. The fraction of sp³-hybridized carbons (Fsp3) is 0.385. The van der Waals surface area contributed by atoms with E-state index in [2.05, 4.69) is 0 Å². The van der Waals surface area contributed by atoms with Gasteiger partial charge >= 0.3 is 0 Å². The van der Waals surface area contributed by atoms with E-state index in [4.69, 9.17) is 25.8 Å². The van der Waals surface area contributed by atoms with Gasteiger partial charge in [0.1, 0.15) is 23.0 Å². The summed E-state index contributed by atoms with van der Waals surface area (Å²) in [4.78, 5) is 28.3. The smallest absolute Gasteiger partial charge is 0.295 e. The number of ketones is 1. The lowest BCUT2D eigenvalue weighted by atomic mass is 9.91. The molecule has 1 saturated carbocycles. The molecule has 180 valence electrons. The van der Waals surface area contributed by atoms with Crippen molar-refractivity contribution in [1.29, 1.82) is 0 Å². The molecule has 0 spiro atoms. The predicted octanol–water partition coefficient (Wildman–Crippen LogP) is 5.12. The van der Waals surface area contributed by atoms with Crippen molar-refractivity contribution in [3.63, 3.8) is 0 Å². The van der Waals surface area contributed by atoms with E-state index in [0.29, 0.717) is 22.1 Å². The van der Waals surface area contributed by atoms with Crippen LogP contribution in [0, 0.1) is 0 Å². The molecule has 8 heteroatoms. The van der Waals surface area contributed by atoms with Gasteiger partial charge in [-0.1, -0.05) is 43.0 Å². The van der Waals surface area contributed by atoms with E-state index in [1.807, 2.05) is 12.1 Å². The van der Waals surface area contributed by atoms with Gasteiger partial charge in [-0.2, -0.15) is 0 Å². The molecule has 1 heterocycles. The van der Waals surface area contributed by atoms with E-state index in [0.717, 1.165) is 32.1 Å². The second-order valence-electron chi connectivity index (χ2n) is 8.46. The van der Waals surface area contributed by atoms with Gasteiger partial charge in [-0.25, -0.2) is 0 Å². The first-order valence-corrected chi connectivity index (χ1v) is 11.6. The number of aliphatic hydroxyl groups excluding tert-OH is 1. The van der Waals surface area contributed by atoms with Gasteiger partial charge in [-0.15, -0.1) is 0 Å². The topological polar surface area (TPSA) is 85.3 Å². The third-order valence-electron chi connectivity index (χ3n) is 6.61. The van der Waals surface area contributed by atoms with Crippen molar-refractivity contribution in [2.45, 2.75) is 44.2 Å². The summed E-state index contributed by atoms with van der Waals surface area (Å²) < 4.78 is 16.0. The molecule has 34 heavy (non-hydrogen) atoms. The Hall–Kier alpha value is -3.19. The molecule has 1 N–H and O–H groups in total. The lowest BCUT2D eigenvalue weighted by Gasteiger charge is -2.35. The summed E-state index contributed by atoms with van der Waals surface area (Å²) in [6.07, 6.45) is 4.72. The van der Waals surface area contributed by atoms with Crippen molar-refractivity contribution in [3.05, 3.63) is 58.1 Å².